The van der Waals surface area contributed by atoms with Crippen molar-refractivity contribution < 1.29 is 19.4 Å². The van der Waals surface area contributed by atoms with Gasteiger partial charge in [-0.15, -0.1) is 0 Å². The third-order valence-electron chi connectivity index (χ3n) is 5.99. The number of hydrogen-bond acceptors (Lipinski definition) is 7. The molecule has 4 rings (SSSR count). The van der Waals surface area contributed by atoms with Gasteiger partial charge in [0.25, 0.3) is 5.91 Å². The summed E-state index contributed by atoms with van der Waals surface area (Å²) in [6.45, 7) is 0. The van der Waals surface area contributed by atoms with Gasteiger partial charge in [0, 0.05) is 45.2 Å². The second-order valence-electron chi connectivity index (χ2n) is 8.64. The topological polar surface area (TPSA) is 136 Å². The molecule has 10 heteroatoms. The highest BCUT2D eigenvalue weighted by Gasteiger charge is 2.26. The molecule has 2 aliphatic carbocycles. The van der Waals surface area contributed by atoms with Crippen molar-refractivity contribution in [1.82, 2.24) is 24.8 Å². The van der Waals surface area contributed by atoms with Crippen LogP contribution in [0.2, 0.25) is 0 Å². The molecule has 0 bridgehead atoms. The van der Waals surface area contributed by atoms with E-state index in [1.54, 1.807) is 25.2 Å². The van der Waals surface area contributed by atoms with Crippen molar-refractivity contribution in [2.75, 3.05) is 26.9 Å². The Morgan fingerprint density at radius 1 is 1.22 bits per heavy atom. The summed E-state index contributed by atoms with van der Waals surface area (Å²) in [5, 5.41) is 12.5. The van der Waals surface area contributed by atoms with E-state index in [9.17, 15) is 14.7 Å². The van der Waals surface area contributed by atoms with Crippen LogP contribution in [0.1, 0.15) is 67.9 Å². The van der Waals surface area contributed by atoms with Gasteiger partial charge in [0.1, 0.15) is 17.4 Å². The van der Waals surface area contributed by atoms with Crippen molar-refractivity contribution in [2.45, 2.75) is 69.6 Å². The lowest BCUT2D eigenvalue weighted by molar-refractivity contribution is 0.0237. The minimum Gasteiger partial charge on any atom is -0.446 e. The van der Waals surface area contributed by atoms with E-state index in [-0.39, 0.29) is 24.1 Å². The molecule has 4 N–H and O–H groups in total. The van der Waals surface area contributed by atoms with E-state index in [1.807, 2.05) is 6.07 Å². The van der Waals surface area contributed by atoms with Gasteiger partial charge in [-0.05, 0) is 38.2 Å². The molecule has 2 aromatic heterocycles. The fourth-order valence-corrected chi connectivity index (χ4v) is 4.38. The molecule has 0 aliphatic heterocycles. The fourth-order valence-electron chi connectivity index (χ4n) is 4.38. The van der Waals surface area contributed by atoms with Crippen LogP contribution in [0.15, 0.2) is 12.3 Å². The maximum Gasteiger partial charge on any atom is 0.407 e. The smallest absolute Gasteiger partial charge is 0.407 e. The zero-order valence-corrected chi connectivity index (χ0v) is 19.1. The highest BCUT2D eigenvalue weighted by Crippen LogP contribution is 2.34. The zero-order chi connectivity index (χ0) is 23.3. The monoisotopic (exact) mass is 446 g/mol. The summed E-state index contributed by atoms with van der Waals surface area (Å²) in [6, 6.07) is 2.20. The maximum atomic E-state index is 12.4. The summed E-state index contributed by atoms with van der Waals surface area (Å²) in [5.74, 6) is 0.243. The molecule has 2 heterocycles. The number of aromatic nitrogens is 3. The van der Waals surface area contributed by atoms with Crippen molar-refractivity contribution in [3.05, 3.63) is 18.0 Å². The van der Waals surface area contributed by atoms with Gasteiger partial charge in [-0.3, -0.25) is 4.79 Å². The number of nitrogens with two attached hydrogens (primary N) is 1. The summed E-state index contributed by atoms with van der Waals surface area (Å²) < 4.78 is 7.06. The number of aliphatic hydroxyl groups is 1. The number of nitrogens with zero attached hydrogens (tertiary/aromatic N) is 4. The third kappa shape index (κ3) is 5.67. The molecular formula is C22H34N6O4. The van der Waals surface area contributed by atoms with Crippen LogP contribution in [-0.2, 0) is 4.74 Å². The minimum atomic E-state index is -0.408. The number of anilines is 1. The van der Waals surface area contributed by atoms with Gasteiger partial charge in [0.15, 0.2) is 0 Å². The summed E-state index contributed by atoms with van der Waals surface area (Å²) >= 11 is 0. The lowest BCUT2D eigenvalue weighted by Gasteiger charge is -2.25. The predicted octanol–water partition coefficient (Wildman–Crippen LogP) is 2.48. The molecule has 176 valence electrons. The largest absolute Gasteiger partial charge is 0.446 e. The van der Waals surface area contributed by atoms with Gasteiger partial charge in [-0.1, -0.05) is 12.8 Å². The molecule has 10 nitrogen and oxygen atoms in total. The maximum absolute atomic E-state index is 12.4. The molecule has 0 saturated heterocycles. The van der Waals surface area contributed by atoms with E-state index in [2.05, 4.69) is 19.9 Å². The van der Waals surface area contributed by atoms with Crippen molar-refractivity contribution in [3.63, 3.8) is 0 Å². The number of ether oxygens (including phenoxy) is 1. The van der Waals surface area contributed by atoms with Crippen LogP contribution in [0.5, 0.6) is 0 Å². The number of fused-ring (bicyclic) bond motifs is 1. The Balaban J connectivity index is 0.000000207. The average molecular weight is 447 g/mol. The Labute approximate surface area is 188 Å². The highest BCUT2D eigenvalue weighted by molar-refractivity contribution is 5.97. The van der Waals surface area contributed by atoms with Gasteiger partial charge in [0.05, 0.1) is 6.10 Å². The number of carbonyl (C=O) groups excluding carboxylic acids is 2. The van der Waals surface area contributed by atoms with Crippen molar-refractivity contribution in [2.24, 2.45) is 0 Å². The number of aliphatic hydroxyl groups excluding tert-OH is 1. The van der Waals surface area contributed by atoms with Gasteiger partial charge >= 0.3 is 6.09 Å². The van der Waals surface area contributed by atoms with E-state index in [1.165, 1.54) is 19.9 Å². The molecule has 2 amide bonds. The first kappa shape index (κ1) is 23.8. The number of nitrogens with one attached hydrogen (secondary N) is 1. The summed E-state index contributed by atoms with van der Waals surface area (Å²) in [6.07, 6.45) is 8.64. The molecule has 2 aliphatic rings. The Morgan fingerprint density at radius 3 is 2.56 bits per heavy atom. The fraction of sp³-hybridized carbons (Fsp3) is 0.636. The first-order valence-corrected chi connectivity index (χ1v) is 11.2. The van der Waals surface area contributed by atoms with Crippen LogP contribution in [0, 0.1) is 0 Å². The zero-order valence-electron chi connectivity index (χ0n) is 19.1. The predicted molar refractivity (Wildman–Crippen MR) is 121 cm³/mol. The number of rotatable bonds is 3. The normalized spacial score (nSPS) is 21.0. The van der Waals surface area contributed by atoms with Crippen molar-refractivity contribution in [3.8, 4) is 0 Å². The first-order valence-electron chi connectivity index (χ1n) is 11.2. The third-order valence-corrected chi connectivity index (χ3v) is 5.99. The number of alkyl carbamates (subject to hydrolysis) is 1. The van der Waals surface area contributed by atoms with Gasteiger partial charge in [0.2, 0.25) is 5.95 Å². The summed E-state index contributed by atoms with van der Waals surface area (Å²) in [7, 11) is 5.06. The van der Waals surface area contributed by atoms with E-state index >= 15 is 0 Å². The SMILES string of the molecule is CN(C)C(=O)c1cc2cnc(N)nc2n1C1CCCC1.CNC(=O)OC1CCCC(O)C1. The lowest BCUT2D eigenvalue weighted by Crippen LogP contribution is -2.31. The van der Waals surface area contributed by atoms with E-state index in [0.717, 1.165) is 43.1 Å². The number of carbonyl (C=O) groups is 2. The van der Waals surface area contributed by atoms with Crippen LogP contribution in [-0.4, -0.2) is 69.9 Å². The van der Waals surface area contributed by atoms with Crippen LogP contribution in [0.25, 0.3) is 11.0 Å². The number of nitrogen functional groups attached to an aromatic ring is 1. The van der Waals surface area contributed by atoms with Crippen molar-refractivity contribution in [1.29, 1.82) is 0 Å². The van der Waals surface area contributed by atoms with Crippen LogP contribution < -0.4 is 11.1 Å². The van der Waals surface area contributed by atoms with Crippen LogP contribution in [0.3, 0.4) is 0 Å². The molecule has 32 heavy (non-hydrogen) atoms. The molecule has 2 unspecified atom stereocenters. The highest BCUT2D eigenvalue weighted by atomic mass is 16.6. The van der Waals surface area contributed by atoms with E-state index in [4.69, 9.17) is 10.5 Å². The molecule has 2 saturated carbocycles. The molecular weight excluding hydrogens is 412 g/mol. The Hall–Kier alpha value is -2.88. The second-order valence-corrected chi connectivity index (χ2v) is 8.64. The van der Waals surface area contributed by atoms with Gasteiger partial charge < -0.3 is 30.4 Å². The summed E-state index contributed by atoms with van der Waals surface area (Å²) in [5.41, 5.74) is 7.16. The van der Waals surface area contributed by atoms with Crippen molar-refractivity contribution >= 4 is 29.0 Å². The standard InChI is InChI=1S/C14H19N5O.C8H15NO3/c1-18(2)13(20)11-7-9-8-16-14(15)17-12(9)19(11)10-5-3-4-6-10;1-9-8(11)12-7-4-2-3-6(10)5-7/h7-8,10H,3-6H2,1-2H3,(H2,15,16,17);6-7,10H,2-5H2,1H3,(H,9,11). The second kappa shape index (κ2) is 10.6. The Bertz CT molecular complexity index is 938. The molecule has 2 aromatic rings. The molecule has 0 radical (unpaired) electrons. The number of hydrogen-bond donors (Lipinski definition) is 3. The molecule has 2 fully saturated rings. The Kier molecular flexibility index (Phi) is 7.89. The van der Waals surface area contributed by atoms with Gasteiger partial charge in [-0.25, -0.2) is 9.78 Å². The molecule has 0 spiro atoms. The molecule has 0 aromatic carbocycles. The van der Waals surface area contributed by atoms with Gasteiger partial charge in [-0.2, -0.15) is 4.98 Å². The van der Waals surface area contributed by atoms with Crippen LogP contribution >= 0.6 is 0 Å². The Morgan fingerprint density at radius 2 is 1.94 bits per heavy atom. The lowest BCUT2D eigenvalue weighted by atomic mass is 9.95. The first-order chi connectivity index (χ1) is 15.3. The summed E-state index contributed by atoms with van der Waals surface area (Å²) in [4.78, 5) is 33.1. The minimum absolute atomic E-state index is 0.00604. The molecule has 2 atom stereocenters. The average Bonchev–Trinajstić information content (AvgIpc) is 3.40. The quantitative estimate of drug-likeness (QED) is 0.659. The van der Waals surface area contributed by atoms with E-state index < -0.39 is 6.09 Å². The number of amides is 2. The van der Waals surface area contributed by atoms with Crippen LogP contribution in [0.4, 0.5) is 10.7 Å². The van der Waals surface area contributed by atoms with E-state index in [0.29, 0.717) is 18.2 Å².